The number of nitrogens with one attached hydrogen (secondary N) is 1. The first kappa shape index (κ1) is 13.9. The van der Waals surface area contributed by atoms with Crippen LogP contribution < -0.4 is 10.2 Å². The van der Waals surface area contributed by atoms with Crippen molar-refractivity contribution in [2.24, 2.45) is 5.92 Å². The molecule has 0 radical (unpaired) electrons. The number of hydrogen-bond donors (Lipinski definition) is 1. The highest BCUT2D eigenvalue weighted by Gasteiger charge is 2.34. The molecular formula is C13H14N2O5. The molecule has 1 unspecified atom stereocenters. The van der Waals surface area contributed by atoms with Crippen molar-refractivity contribution in [1.82, 2.24) is 10.4 Å². The highest BCUT2D eigenvalue weighted by Crippen LogP contribution is 2.15. The molecule has 0 aliphatic carbocycles. The van der Waals surface area contributed by atoms with Crippen molar-refractivity contribution >= 4 is 18.0 Å². The van der Waals surface area contributed by atoms with E-state index in [0.29, 0.717) is 5.75 Å². The van der Waals surface area contributed by atoms with Gasteiger partial charge in [0.2, 0.25) is 5.91 Å². The molecule has 1 aliphatic rings. The van der Waals surface area contributed by atoms with Gasteiger partial charge in [0.1, 0.15) is 5.75 Å². The third kappa shape index (κ3) is 3.25. The lowest BCUT2D eigenvalue weighted by atomic mass is 10.0. The van der Waals surface area contributed by atoms with Gasteiger partial charge in [-0.2, -0.15) is 0 Å². The summed E-state index contributed by atoms with van der Waals surface area (Å²) in [5, 5.41) is 0.973. The fraction of sp³-hybridized carbons (Fsp3) is 0.308. The minimum absolute atomic E-state index is 0.0121. The topological polar surface area (TPSA) is 84.9 Å². The summed E-state index contributed by atoms with van der Waals surface area (Å²) in [5.41, 5.74) is 2.36. The van der Waals surface area contributed by atoms with Gasteiger partial charge in [-0.1, -0.05) is 18.2 Å². The molecule has 1 fully saturated rings. The zero-order valence-electron chi connectivity index (χ0n) is 10.9. The quantitative estimate of drug-likeness (QED) is 0.805. The summed E-state index contributed by atoms with van der Waals surface area (Å²) >= 11 is 0. The van der Waals surface area contributed by atoms with E-state index in [1.807, 2.05) is 0 Å². The smallest absolute Gasteiger partial charge is 0.434 e. The van der Waals surface area contributed by atoms with Crippen LogP contribution in [0.2, 0.25) is 0 Å². The van der Waals surface area contributed by atoms with Crippen molar-refractivity contribution in [2.45, 2.75) is 6.42 Å². The van der Waals surface area contributed by atoms with Crippen LogP contribution in [0.1, 0.15) is 6.42 Å². The van der Waals surface area contributed by atoms with E-state index in [1.165, 1.54) is 7.11 Å². The molecule has 1 aromatic carbocycles. The fourth-order valence-electron chi connectivity index (χ4n) is 1.84. The van der Waals surface area contributed by atoms with Crippen molar-refractivity contribution in [3.63, 3.8) is 0 Å². The molecule has 1 atom stereocenters. The maximum absolute atomic E-state index is 11.9. The van der Waals surface area contributed by atoms with Crippen molar-refractivity contribution in [1.29, 1.82) is 0 Å². The van der Waals surface area contributed by atoms with Gasteiger partial charge in [0.15, 0.2) is 0 Å². The van der Waals surface area contributed by atoms with Crippen LogP contribution in [-0.2, 0) is 14.3 Å². The Labute approximate surface area is 115 Å². The summed E-state index contributed by atoms with van der Waals surface area (Å²) in [6.45, 7) is 0.0179. The standard InChI is InChI=1S/C13H14N2O5/c1-19-12(17)9-7-11(16)14-15(8-9)13(18)20-10-5-3-2-4-6-10/h2-6,9H,7-8H2,1H3,(H,14,16). The maximum Gasteiger partial charge on any atom is 0.434 e. The molecule has 7 nitrogen and oxygen atoms in total. The highest BCUT2D eigenvalue weighted by molar-refractivity contribution is 5.86. The van der Waals surface area contributed by atoms with Gasteiger partial charge in [-0.3, -0.25) is 15.0 Å². The second-order valence-electron chi connectivity index (χ2n) is 4.25. The Bertz CT molecular complexity index is 517. The zero-order valence-corrected chi connectivity index (χ0v) is 10.9. The van der Waals surface area contributed by atoms with Gasteiger partial charge < -0.3 is 9.47 Å². The van der Waals surface area contributed by atoms with Gasteiger partial charge in [-0.15, -0.1) is 0 Å². The summed E-state index contributed by atoms with van der Waals surface area (Å²) in [6, 6.07) is 8.44. The Balaban J connectivity index is 2.02. The maximum atomic E-state index is 11.9. The molecule has 1 heterocycles. The number of amides is 2. The summed E-state index contributed by atoms with van der Waals surface area (Å²) < 4.78 is 9.67. The Hall–Kier alpha value is -2.57. The first-order chi connectivity index (χ1) is 9.60. The number of nitrogens with zero attached hydrogens (tertiary/aromatic N) is 1. The van der Waals surface area contributed by atoms with Crippen LogP contribution in [0.4, 0.5) is 4.79 Å². The third-order valence-electron chi connectivity index (χ3n) is 2.80. The first-order valence-electron chi connectivity index (χ1n) is 6.02. The van der Waals surface area contributed by atoms with Gasteiger partial charge in [-0.05, 0) is 12.1 Å². The molecule has 0 saturated carbocycles. The summed E-state index contributed by atoms with van der Waals surface area (Å²) in [5.74, 6) is -1.29. The SMILES string of the molecule is COC(=O)C1CC(=O)NN(C(=O)Oc2ccccc2)C1. The molecule has 106 valence electrons. The molecule has 0 aromatic heterocycles. The van der Waals surface area contributed by atoms with Crippen LogP contribution in [0.15, 0.2) is 30.3 Å². The Kier molecular flexibility index (Phi) is 4.19. The van der Waals surface area contributed by atoms with Crippen LogP contribution in [0.3, 0.4) is 0 Å². The van der Waals surface area contributed by atoms with E-state index in [0.717, 1.165) is 5.01 Å². The molecule has 2 amide bonds. The van der Waals surface area contributed by atoms with Crippen LogP contribution in [-0.4, -0.2) is 36.6 Å². The number of esters is 1. The lowest BCUT2D eigenvalue weighted by Crippen LogP contribution is -2.55. The Morgan fingerprint density at radius 3 is 2.65 bits per heavy atom. The van der Waals surface area contributed by atoms with Crippen molar-refractivity contribution < 1.29 is 23.9 Å². The van der Waals surface area contributed by atoms with Gasteiger partial charge >= 0.3 is 12.1 Å². The number of carbonyl (C=O) groups is 3. The van der Waals surface area contributed by atoms with Crippen LogP contribution in [0.5, 0.6) is 5.75 Å². The number of carbonyl (C=O) groups excluding carboxylic acids is 3. The second kappa shape index (κ2) is 6.05. The molecule has 20 heavy (non-hydrogen) atoms. The second-order valence-corrected chi connectivity index (χ2v) is 4.25. The van der Waals surface area contributed by atoms with Gasteiger partial charge in [0, 0.05) is 6.42 Å². The largest absolute Gasteiger partial charge is 0.469 e. The number of benzene rings is 1. The average Bonchev–Trinajstić information content (AvgIpc) is 2.46. The molecule has 1 saturated heterocycles. The predicted octanol–water partition coefficient (Wildman–Crippen LogP) is 0.711. The molecule has 0 bridgehead atoms. The zero-order chi connectivity index (χ0) is 14.5. The third-order valence-corrected chi connectivity index (χ3v) is 2.80. The molecule has 2 rings (SSSR count). The van der Waals surface area contributed by atoms with Crippen molar-refractivity contribution in [3.05, 3.63) is 30.3 Å². The van der Waals surface area contributed by atoms with Crippen LogP contribution >= 0.6 is 0 Å². The lowest BCUT2D eigenvalue weighted by molar-refractivity contribution is -0.151. The van der Waals surface area contributed by atoms with Gasteiger partial charge in [0.25, 0.3) is 0 Å². The number of methoxy groups -OCH3 is 1. The number of hydrogen-bond acceptors (Lipinski definition) is 5. The molecule has 7 heteroatoms. The van der Waals surface area contributed by atoms with Gasteiger partial charge in [0.05, 0.1) is 19.6 Å². The van der Waals surface area contributed by atoms with E-state index in [2.05, 4.69) is 10.2 Å². The normalized spacial score (nSPS) is 18.1. The summed E-state index contributed by atoms with van der Waals surface area (Å²) in [4.78, 5) is 34.9. The van der Waals surface area contributed by atoms with E-state index in [4.69, 9.17) is 4.74 Å². The van der Waals surface area contributed by atoms with E-state index in [9.17, 15) is 14.4 Å². The first-order valence-corrected chi connectivity index (χ1v) is 6.02. The molecule has 1 N–H and O–H groups in total. The number of hydrazine groups is 1. The Morgan fingerprint density at radius 1 is 1.30 bits per heavy atom. The monoisotopic (exact) mass is 278 g/mol. The van der Waals surface area contributed by atoms with Crippen LogP contribution in [0, 0.1) is 5.92 Å². The number of rotatable bonds is 2. The van der Waals surface area contributed by atoms with E-state index in [1.54, 1.807) is 30.3 Å². The highest BCUT2D eigenvalue weighted by atomic mass is 16.6. The van der Waals surface area contributed by atoms with E-state index >= 15 is 0 Å². The minimum Gasteiger partial charge on any atom is -0.469 e. The fourth-order valence-corrected chi connectivity index (χ4v) is 1.84. The molecule has 0 spiro atoms. The average molecular weight is 278 g/mol. The summed E-state index contributed by atoms with van der Waals surface area (Å²) in [6.07, 6.45) is -0.764. The molecule has 1 aliphatic heterocycles. The Morgan fingerprint density at radius 2 is 2.00 bits per heavy atom. The molecular weight excluding hydrogens is 264 g/mol. The molecule has 1 aromatic rings. The lowest BCUT2D eigenvalue weighted by Gasteiger charge is -2.30. The summed E-state index contributed by atoms with van der Waals surface area (Å²) in [7, 11) is 1.24. The van der Waals surface area contributed by atoms with Crippen LogP contribution in [0.25, 0.3) is 0 Å². The van der Waals surface area contributed by atoms with E-state index < -0.39 is 23.9 Å². The van der Waals surface area contributed by atoms with Crippen molar-refractivity contribution in [2.75, 3.05) is 13.7 Å². The van der Waals surface area contributed by atoms with Gasteiger partial charge in [-0.25, -0.2) is 9.80 Å². The number of ether oxygens (including phenoxy) is 2. The predicted molar refractivity (Wildman–Crippen MR) is 67.4 cm³/mol. The van der Waals surface area contributed by atoms with E-state index in [-0.39, 0.29) is 13.0 Å². The minimum atomic E-state index is -0.752. The number of para-hydroxylation sites is 1. The van der Waals surface area contributed by atoms with Crippen molar-refractivity contribution in [3.8, 4) is 5.75 Å².